The molecule has 0 spiro atoms. The molecule has 5 nitrogen and oxygen atoms in total. The zero-order chi connectivity index (χ0) is 41.4. The highest BCUT2D eigenvalue weighted by atomic mass is 32.1. The third kappa shape index (κ3) is 6.12. The summed E-state index contributed by atoms with van der Waals surface area (Å²) in [7, 11) is 0. The molecule has 4 heterocycles. The van der Waals surface area contributed by atoms with Crippen molar-refractivity contribution < 1.29 is 0 Å². The van der Waals surface area contributed by atoms with Gasteiger partial charge in [0.25, 0.3) is 0 Å². The first kappa shape index (κ1) is 35.9. The summed E-state index contributed by atoms with van der Waals surface area (Å²) >= 11 is 3.36. The maximum absolute atomic E-state index is 5.11. The quantitative estimate of drug-likeness (QED) is 0.156. The third-order valence-electron chi connectivity index (χ3n) is 12.2. The minimum atomic E-state index is 0.853. The van der Waals surface area contributed by atoms with Crippen LogP contribution in [0, 0.1) is 0 Å². The normalized spacial score (nSPS) is 11.8. The van der Waals surface area contributed by atoms with Crippen LogP contribution in [0.2, 0.25) is 0 Å². The topological polar surface area (TPSA) is 54.8 Å². The first-order valence-corrected chi connectivity index (χ1v) is 22.6. The fourth-order valence-corrected chi connectivity index (χ4v) is 11.0. The first-order valence-electron chi connectivity index (χ1n) is 20.9. The molecule has 0 saturated carbocycles. The van der Waals surface area contributed by atoms with Crippen molar-refractivity contribution in [3.8, 4) is 33.6 Å². The molecule has 0 aliphatic carbocycles. The van der Waals surface area contributed by atoms with E-state index >= 15 is 0 Å². The van der Waals surface area contributed by atoms with Crippen LogP contribution in [0.3, 0.4) is 0 Å². The largest absolute Gasteiger partial charge is 0.310 e. The number of fused-ring (bicyclic) bond motifs is 10. The van der Waals surface area contributed by atoms with E-state index in [0.29, 0.717) is 0 Å². The van der Waals surface area contributed by atoms with Gasteiger partial charge in [-0.3, -0.25) is 0 Å². The van der Waals surface area contributed by atoms with Gasteiger partial charge in [-0.15, -0.1) is 22.7 Å². The molecule has 0 atom stereocenters. The van der Waals surface area contributed by atoms with Crippen LogP contribution in [-0.4, -0.2) is 19.9 Å². The van der Waals surface area contributed by atoms with Crippen molar-refractivity contribution in [3.63, 3.8) is 0 Å². The summed E-state index contributed by atoms with van der Waals surface area (Å²) < 4.78 is 2.40. The van der Waals surface area contributed by atoms with Gasteiger partial charge < -0.3 is 4.90 Å². The van der Waals surface area contributed by atoms with Gasteiger partial charge in [0.1, 0.15) is 20.7 Å². The van der Waals surface area contributed by atoms with Crippen molar-refractivity contribution >= 4 is 113 Å². The van der Waals surface area contributed by atoms with Crippen molar-refractivity contribution in [2.24, 2.45) is 0 Å². The molecule has 13 rings (SSSR count). The number of anilines is 3. The second-order valence-electron chi connectivity index (χ2n) is 15.9. The number of nitrogens with zero attached hydrogens (tertiary/aromatic N) is 5. The molecule has 0 fully saturated rings. The molecule has 13 aromatic rings. The highest BCUT2D eigenvalue weighted by Gasteiger charge is 2.17. The van der Waals surface area contributed by atoms with E-state index in [4.69, 9.17) is 19.9 Å². The van der Waals surface area contributed by atoms with E-state index in [2.05, 4.69) is 193 Å². The summed E-state index contributed by atoms with van der Waals surface area (Å²) in [6, 6.07) is 67.5. The van der Waals surface area contributed by atoms with Gasteiger partial charge in [-0.2, -0.15) is 0 Å². The second kappa shape index (κ2) is 14.4. The zero-order valence-corrected chi connectivity index (χ0v) is 35.2. The van der Waals surface area contributed by atoms with Crippen LogP contribution >= 0.6 is 22.7 Å². The van der Waals surface area contributed by atoms with E-state index in [9.17, 15) is 0 Å². The monoisotopic (exact) mass is 839 g/mol. The highest BCUT2D eigenvalue weighted by Crippen LogP contribution is 2.41. The van der Waals surface area contributed by atoms with Gasteiger partial charge in [0.15, 0.2) is 0 Å². The minimum Gasteiger partial charge on any atom is -0.310 e. The molecule has 0 unspecified atom stereocenters. The van der Waals surface area contributed by atoms with Crippen molar-refractivity contribution in [2.45, 2.75) is 0 Å². The van der Waals surface area contributed by atoms with E-state index in [-0.39, 0.29) is 0 Å². The molecule has 0 bridgehead atoms. The smallest absolute Gasteiger partial charge is 0.143 e. The summed E-state index contributed by atoms with van der Waals surface area (Å²) in [5, 5.41) is 9.63. The van der Waals surface area contributed by atoms with E-state index in [0.717, 1.165) is 71.0 Å². The molecule has 0 saturated heterocycles. The molecule has 0 radical (unpaired) electrons. The Morgan fingerprint density at radius 2 is 0.778 bits per heavy atom. The maximum Gasteiger partial charge on any atom is 0.143 e. The average molecular weight is 840 g/mol. The Morgan fingerprint density at radius 3 is 1.38 bits per heavy atom. The van der Waals surface area contributed by atoms with Crippen LogP contribution in [0.1, 0.15) is 0 Å². The Morgan fingerprint density at radius 1 is 0.333 bits per heavy atom. The van der Waals surface area contributed by atoms with Gasteiger partial charge in [-0.05, 0) is 104 Å². The van der Waals surface area contributed by atoms with Gasteiger partial charge in [0.05, 0.1) is 23.8 Å². The lowest BCUT2D eigenvalue weighted by Gasteiger charge is -2.26. The lowest BCUT2D eigenvalue weighted by molar-refractivity contribution is 1.27. The maximum atomic E-state index is 5.11. The lowest BCUT2D eigenvalue weighted by atomic mass is 9.96. The van der Waals surface area contributed by atoms with Gasteiger partial charge in [-0.1, -0.05) is 127 Å². The first-order chi connectivity index (χ1) is 31.2. The van der Waals surface area contributed by atoms with Crippen molar-refractivity contribution in [3.05, 3.63) is 200 Å². The van der Waals surface area contributed by atoms with Crippen LogP contribution < -0.4 is 4.90 Å². The molecule has 7 heteroatoms. The zero-order valence-electron chi connectivity index (χ0n) is 33.6. The Kier molecular flexibility index (Phi) is 8.19. The molecule has 0 N–H and O–H groups in total. The van der Waals surface area contributed by atoms with Crippen molar-refractivity contribution in [1.82, 2.24) is 19.9 Å². The number of benzene rings is 9. The summed E-state index contributed by atoms with van der Waals surface area (Å²) in [5.41, 5.74) is 11.2. The van der Waals surface area contributed by atoms with E-state index < -0.39 is 0 Å². The predicted molar refractivity (Wildman–Crippen MR) is 267 cm³/mol. The second-order valence-corrected chi connectivity index (χ2v) is 18.0. The van der Waals surface area contributed by atoms with Gasteiger partial charge in [0, 0.05) is 48.4 Å². The van der Waals surface area contributed by atoms with Crippen molar-refractivity contribution in [2.75, 3.05) is 4.90 Å². The lowest BCUT2D eigenvalue weighted by Crippen LogP contribution is -2.10. The summed E-state index contributed by atoms with van der Waals surface area (Å²) in [5.74, 6) is 0. The Balaban J connectivity index is 0.891. The van der Waals surface area contributed by atoms with Gasteiger partial charge in [-0.25, -0.2) is 19.9 Å². The van der Waals surface area contributed by atoms with E-state index in [1.807, 2.05) is 12.4 Å². The van der Waals surface area contributed by atoms with Crippen LogP contribution in [0.15, 0.2) is 200 Å². The number of aromatic nitrogens is 4. The van der Waals surface area contributed by atoms with Crippen LogP contribution in [0.25, 0.3) is 107 Å². The minimum absolute atomic E-state index is 0.853. The molecule has 294 valence electrons. The third-order valence-corrected chi connectivity index (χ3v) is 14.3. The molecule has 63 heavy (non-hydrogen) atoms. The molecular weight excluding hydrogens is 807 g/mol. The Bertz CT molecular complexity index is 3770. The van der Waals surface area contributed by atoms with Crippen LogP contribution in [-0.2, 0) is 0 Å². The standard InChI is InChI=1S/C56H33N5S2/c1-2-8-37-29-38(14-13-34(37)7-1)39-21-27-45-40(30-39)15-16-41-31-44(26-28-46(41)45)61(42-22-17-35(18-23-42)49-32-57-55-53(59-49)47-9-3-5-11-51(47)62-55)43-24-19-36(20-25-43)50-33-58-56-54(60-50)48-10-4-6-12-52(48)63-56/h1-33H. The average Bonchev–Trinajstić information content (AvgIpc) is 3.92. The number of hydrogen-bond donors (Lipinski definition) is 0. The molecule has 0 amide bonds. The van der Waals surface area contributed by atoms with E-state index in [1.54, 1.807) is 22.7 Å². The number of hydrogen-bond acceptors (Lipinski definition) is 7. The van der Waals surface area contributed by atoms with Crippen LogP contribution in [0.4, 0.5) is 17.1 Å². The Labute approximate surface area is 369 Å². The summed E-state index contributed by atoms with van der Waals surface area (Å²) in [4.78, 5) is 24.1. The fourth-order valence-electron chi connectivity index (χ4n) is 9.00. The molecule has 4 aromatic heterocycles. The molecule has 9 aromatic carbocycles. The summed E-state index contributed by atoms with van der Waals surface area (Å²) in [6.07, 6.45) is 3.78. The van der Waals surface area contributed by atoms with Crippen LogP contribution in [0.5, 0.6) is 0 Å². The van der Waals surface area contributed by atoms with Crippen molar-refractivity contribution in [1.29, 1.82) is 0 Å². The molecule has 0 aliphatic heterocycles. The van der Waals surface area contributed by atoms with E-state index in [1.165, 1.54) is 52.8 Å². The SMILES string of the molecule is c1ccc2cc(-c3ccc4c(ccc5cc(N(c6ccc(-c7cnc8sc9ccccc9c8n7)cc6)c6ccc(-c7cnc8sc9ccccc9c8n7)cc6)ccc54)c3)ccc2c1. The Hall–Kier alpha value is -7.84. The highest BCUT2D eigenvalue weighted by molar-refractivity contribution is 7.25. The van der Waals surface area contributed by atoms with Gasteiger partial charge >= 0.3 is 0 Å². The number of rotatable bonds is 6. The predicted octanol–water partition coefficient (Wildman–Crippen LogP) is 15.9. The molecular formula is C56H33N5S2. The summed E-state index contributed by atoms with van der Waals surface area (Å²) in [6.45, 7) is 0. The molecule has 0 aliphatic rings. The number of thiophene rings is 2. The van der Waals surface area contributed by atoms with Gasteiger partial charge in [0.2, 0.25) is 0 Å². The fraction of sp³-hybridized carbons (Fsp3) is 0.